The van der Waals surface area contributed by atoms with E-state index in [0.29, 0.717) is 22.2 Å². The quantitative estimate of drug-likeness (QED) is 0.937. The molecule has 1 heterocycles. The number of nitrogens with one attached hydrogen (secondary N) is 1. The average molecular weight is 323 g/mol. The molecule has 1 aromatic carbocycles. The van der Waals surface area contributed by atoms with Gasteiger partial charge in [-0.2, -0.15) is 0 Å². The number of ether oxygens (including phenoxy) is 2. The van der Waals surface area contributed by atoms with Crippen molar-refractivity contribution in [2.45, 2.75) is 0 Å². The second-order valence-electron chi connectivity index (χ2n) is 4.51. The predicted molar refractivity (Wildman–Crippen MR) is 84.2 cm³/mol. The Labute approximate surface area is 132 Å². The molecule has 0 unspecified atom stereocenters. The van der Waals surface area contributed by atoms with Crippen molar-refractivity contribution in [3.05, 3.63) is 51.4 Å². The SMILES string of the molecule is COc1cc(NC(=O)c2ccn(C)c(=O)c2)c(OC)cc1Cl. The second-order valence-corrected chi connectivity index (χ2v) is 4.91. The Morgan fingerprint density at radius 1 is 1.18 bits per heavy atom. The van der Waals surface area contributed by atoms with Gasteiger partial charge >= 0.3 is 0 Å². The van der Waals surface area contributed by atoms with E-state index in [4.69, 9.17) is 21.1 Å². The molecule has 0 aliphatic carbocycles. The van der Waals surface area contributed by atoms with Crippen LogP contribution in [-0.2, 0) is 7.05 Å². The Morgan fingerprint density at radius 3 is 2.45 bits per heavy atom. The van der Waals surface area contributed by atoms with Gasteiger partial charge in [-0.3, -0.25) is 9.59 Å². The number of aryl methyl sites for hydroxylation is 1. The van der Waals surface area contributed by atoms with E-state index in [2.05, 4.69) is 5.32 Å². The van der Waals surface area contributed by atoms with Crippen molar-refractivity contribution in [2.75, 3.05) is 19.5 Å². The van der Waals surface area contributed by atoms with Gasteiger partial charge in [-0.1, -0.05) is 11.6 Å². The molecule has 22 heavy (non-hydrogen) atoms. The number of amides is 1. The van der Waals surface area contributed by atoms with E-state index in [-0.39, 0.29) is 11.1 Å². The fourth-order valence-electron chi connectivity index (χ4n) is 1.84. The minimum absolute atomic E-state index is 0.249. The summed E-state index contributed by atoms with van der Waals surface area (Å²) in [6.07, 6.45) is 1.52. The number of methoxy groups -OCH3 is 2. The third-order valence-electron chi connectivity index (χ3n) is 3.09. The van der Waals surface area contributed by atoms with Crippen LogP contribution in [0.2, 0.25) is 5.02 Å². The fraction of sp³-hybridized carbons (Fsp3) is 0.200. The lowest BCUT2D eigenvalue weighted by atomic mass is 10.2. The number of carbonyl (C=O) groups is 1. The molecule has 1 amide bonds. The molecule has 0 fully saturated rings. The van der Waals surface area contributed by atoms with Crippen LogP contribution in [0.4, 0.5) is 5.69 Å². The first-order valence-corrected chi connectivity index (χ1v) is 6.73. The van der Waals surface area contributed by atoms with E-state index in [9.17, 15) is 9.59 Å². The summed E-state index contributed by atoms with van der Waals surface area (Å²) in [5.41, 5.74) is 0.377. The highest BCUT2D eigenvalue weighted by Crippen LogP contribution is 2.35. The zero-order chi connectivity index (χ0) is 16.3. The first-order chi connectivity index (χ1) is 10.5. The Bertz CT molecular complexity index is 771. The smallest absolute Gasteiger partial charge is 0.256 e. The largest absolute Gasteiger partial charge is 0.495 e. The van der Waals surface area contributed by atoms with E-state index in [0.717, 1.165) is 0 Å². The lowest BCUT2D eigenvalue weighted by molar-refractivity contribution is 0.102. The molecule has 0 spiro atoms. The minimum atomic E-state index is -0.430. The van der Waals surface area contributed by atoms with Gasteiger partial charge in [-0.05, 0) is 6.07 Å². The van der Waals surface area contributed by atoms with Gasteiger partial charge in [0.15, 0.2) is 0 Å². The summed E-state index contributed by atoms with van der Waals surface area (Å²) < 4.78 is 11.7. The number of aromatic nitrogens is 1. The summed E-state index contributed by atoms with van der Waals surface area (Å²) in [4.78, 5) is 23.8. The summed E-state index contributed by atoms with van der Waals surface area (Å²) in [7, 11) is 4.54. The number of carbonyl (C=O) groups excluding carboxylic acids is 1. The van der Waals surface area contributed by atoms with Crippen LogP contribution < -0.4 is 20.3 Å². The van der Waals surface area contributed by atoms with Crippen LogP contribution in [0.5, 0.6) is 11.5 Å². The molecule has 2 aromatic rings. The molecule has 0 radical (unpaired) electrons. The van der Waals surface area contributed by atoms with Crippen LogP contribution in [0.15, 0.2) is 35.3 Å². The van der Waals surface area contributed by atoms with E-state index >= 15 is 0 Å². The molecular weight excluding hydrogens is 308 g/mol. The molecule has 0 aliphatic rings. The van der Waals surface area contributed by atoms with Crippen LogP contribution in [0.3, 0.4) is 0 Å². The Hall–Kier alpha value is -2.47. The number of hydrogen-bond acceptors (Lipinski definition) is 4. The summed E-state index contributed by atoms with van der Waals surface area (Å²) in [5, 5.41) is 3.04. The van der Waals surface area contributed by atoms with Crippen LogP contribution in [0, 0.1) is 0 Å². The topological polar surface area (TPSA) is 69.6 Å². The van der Waals surface area contributed by atoms with Crippen molar-refractivity contribution in [3.63, 3.8) is 0 Å². The molecule has 0 aliphatic heterocycles. The molecular formula is C15H15ClN2O4. The van der Waals surface area contributed by atoms with E-state index < -0.39 is 5.91 Å². The number of hydrogen-bond donors (Lipinski definition) is 1. The maximum Gasteiger partial charge on any atom is 0.256 e. The van der Waals surface area contributed by atoms with Gasteiger partial charge in [0.05, 0.1) is 24.9 Å². The number of benzene rings is 1. The standard InChI is InChI=1S/C15H15ClN2O4/c1-18-5-4-9(6-14(18)19)15(20)17-11-8-12(21-2)10(16)7-13(11)22-3/h4-8H,1-3H3,(H,17,20). The zero-order valence-corrected chi connectivity index (χ0v) is 13.1. The molecule has 0 atom stereocenters. The first-order valence-electron chi connectivity index (χ1n) is 6.36. The first kappa shape index (κ1) is 15.9. The fourth-order valence-corrected chi connectivity index (χ4v) is 2.07. The molecule has 6 nitrogen and oxygen atoms in total. The van der Waals surface area contributed by atoms with Gasteiger partial charge in [0, 0.05) is 37.0 Å². The molecule has 0 bridgehead atoms. The number of rotatable bonds is 4. The predicted octanol–water partition coefficient (Wildman–Crippen LogP) is 2.31. The van der Waals surface area contributed by atoms with Crippen molar-refractivity contribution in [3.8, 4) is 11.5 Å². The average Bonchev–Trinajstić information content (AvgIpc) is 2.51. The summed E-state index contributed by atoms with van der Waals surface area (Å²) in [6, 6.07) is 5.91. The van der Waals surface area contributed by atoms with Crippen molar-refractivity contribution in [1.82, 2.24) is 4.57 Å². The maximum absolute atomic E-state index is 12.2. The summed E-state index contributed by atoms with van der Waals surface area (Å²) >= 11 is 6.01. The van der Waals surface area contributed by atoms with E-state index in [1.807, 2.05) is 0 Å². The molecule has 7 heteroatoms. The van der Waals surface area contributed by atoms with Crippen molar-refractivity contribution in [2.24, 2.45) is 7.05 Å². The number of halogens is 1. The van der Waals surface area contributed by atoms with E-state index in [1.54, 1.807) is 25.2 Å². The lowest BCUT2D eigenvalue weighted by Gasteiger charge is -2.13. The van der Waals surface area contributed by atoms with Gasteiger partial charge in [0.25, 0.3) is 11.5 Å². The summed E-state index contributed by atoms with van der Waals surface area (Å²) in [6.45, 7) is 0. The minimum Gasteiger partial charge on any atom is -0.495 e. The van der Waals surface area contributed by atoms with Crippen molar-refractivity contribution < 1.29 is 14.3 Å². The number of anilines is 1. The van der Waals surface area contributed by atoms with E-state index in [1.165, 1.54) is 31.0 Å². The monoisotopic (exact) mass is 322 g/mol. The molecule has 0 saturated carbocycles. The maximum atomic E-state index is 12.2. The highest BCUT2D eigenvalue weighted by molar-refractivity contribution is 6.32. The third-order valence-corrected chi connectivity index (χ3v) is 3.38. The van der Waals surface area contributed by atoms with Gasteiger partial charge in [0.2, 0.25) is 0 Å². The molecule has 1 N–H and O–H groups in total. The second kappa shape index (κ2) is 6.53. The van der Waals surface area contributed by atoms with Gasteiger partial charge in [-0.25, -0.2) is 0 Å². The Morgan fingerprint density at radius 2 is 1.86 bits per heavy atom. The van der Waals surface area contributed by atoms with Crippen LogP contribution in [0.25, 0.3) is 0 Å². The molecule has 0 saturated heterocycles. The van der Waals surface area contributed by atoms with Crippen molar-refractivity contribution in [1.29, 1.82) is 0 Å². The normalized spacial score (nSPS) is 10.2. The van der Waals surface area contributed by atoms with Crippen LogP contribution >= 0.6 is 11.6 Å². The molecule has 1 aromatic heterocycles. The van der Waals surface area contributed by atoms with Crippen LogP contribution in [0.1, 0.15) is 10.4 Å². The van der Waals surface area contributed by atoms with Crippen LogP contribution in [-0.4, -0.2) is 24.7 Å². The van der Waals surface area contributed by atoms with Gasteiger partial charge < -0.3 is 19.4 Å². The summed E-state index contributed by atoms with van der Waals surface area (Å²) in [5.74, 6) is 0.366. The third kappa shape index (κ3) is 3.23. The molecule has 2 rings (SSSR count). The number of pyridine rings is 1. The zero-order valence-electron chi connectivity index (χ0n) is 12.3. The highest BCUT2D eigenvalue weighted by atomic mass is 35.5. The molecule has 116 valence electrons. The van der Waals surface area contributed by atoms with Crippen molar-refractivity contribution >= 4 is 23.2 Å². The number of nitrogens with zero attached hydrogens (tertiary/aromatic N) is 1. The Kier molecular flexibility index (Phi) is 4.72. The van der Waals surface area contributed by atoms with Gasteiger partial charge in [0.1, 0.15) is 11.5 Å². The lowest BCUT2D eigenvalue weighted by Crippen LogP contribution is -2.20. The van der Waals surface area contributed by atoms with Gasteiger partial charge in [-0.15, -0.1) is 0 Å². The Balaban J connectivity index is 2.34. The highest BCUT2D eigenvalue weighted by Gasteiger charge is 2.14.